The van der Waals surface area contributed by atoms with Crippen molar-refractivity contribution in [2.75, 3.05) is 0 Å². The number of benzene rings is 3. The number of hydrogen-bond acceptors (Lipinski definition) is 2. The van der Waals surface area contributed by atoms with E-state index in [2.05, 4.69) is 22.5 Å². The Morgan fingerprint density at radius 3 is 2.05 bits per heavy atom. The lowest BCUT2D eigenvalue weighted by Gasteiger charge is -2.23. The Morgan fingerprint density at radius 2 is 1.46 bits per heavy atom. The Kier molecular flexibility index (Phi) is 7.90. The SMILES string of the molecule is CCC1C=CC(c2ccc(-c3ccc(C(F)(F)Oc4ccc(OC(F)(F)F)c(F)c4)c(F)c3F)c(F)c2)CC1. The molecule has 0 amide bonds. The first-order chi connectivity index (χ1) is 18.3. The van der Waals surface area contributed by atoms with E-state index in [0.29, 0.717) is 29.7 Å². The molecule has 3 aromatic carbocycles. The van der Waals surface area contributed by atoms with Crippen LogP contribution in [0.5, 0.6) is 11.5 Å². The lowest BCUT2D eigenvalue weighted by atomic mass is 9.83. The molecule has 2 atom stereocenters. The third-order valence-electron chi connectivity index (χ3n) is 6.47. The molecule has 0 spiro atoms. The number of rotatable bonds is 7. The van der Waals surface area contributed by atoms with Crippen LogP contribution in [0.15, 0.2) is 60.7 Å². The van der Waals surface area contributed by atoms with E-state index in [1.807, 2.05) is 6.08 Å². The molecule has 0 N–H and O–H groups in total. The summed E-state index contributed by atoms with van der Waals surface area (Å²) in [6.45, 7) is 2.07. The number of allylic oxidation sites excluding steroid dienone is 2. The van der Waals surface area contributed by atoms with Gasteiger partial charge in [-0.2, -0.15) is 8.78 Å². The fourth-order valence-electron chi connectivity index (χ4n) is 4.41. The minimum atomic E-state index is -5.24. The van der Waals surface area contributed by atoms with E-state index in [1.165, 1.54) is 12.1 Å². The summed E-state index contributed by atoms with van der Waals surface area (Å²) in [5.41, 5.74) is -1.91. The topological polar surface area (TPSA) is 18.5 Å². The quantitative estimate of drug-likeness (QED) is 0.212. The minimum absolute atomic E-state index is 0.0462. The Labute approximate surface area is 217 Å². The average molecular weight is 560 g/mol. The van der Waals surface area contributed by atoms with Crippen molar-refractivity contribution in [3.8, 4) is 22.6 Å². The van der Waals surface area contributed by atoms with Gasteiger partial charge in [-0.1, -0.05) is 37.3 Å². The smallest absolute Gasteiger partial charge is 0.429 e. The first-order valence-corrected chi connectivity index (χ1v) is 11.9. The van der Waals surface area contributed by atoms with Gasteiger partial charge in [0.05, 0.1) is 0 Å². The molecule has 0 bridgehead atoms. The summed E-state index contributed by atoms with van der Waals surface area (Å²) in [6.07, 6.45) is -3.06. The largest absolute Gasteiger partial charge is 0.573 e. The van der Waals surface area contributed by atoms with E-state index in [4.69, 9.17) is 0 Å². The first kappa shape index (κ1) is 28.4. The number of halogens is 9. The van der Waals surface area contributed by atoms with Gasteiger partial charge in [-0.15, -0.1) is 13.2 Å². The normalized spacial score (nSPS) is 17.8. The molecule has 11 heteroatoms. The van der Waals surface area contributed by atoms with Gasteiger partial charge in [0, 0.05) is 23.1 Å². The highest BCUT2D eigenvalue weighted by Crippen LogP contribution is 2.39. The Bertz CT molecular complexity index is 1380. The second-order valence-electron chi connectivity index (χ2n) is 9.02. The first-order valence-electron chi connectivity index (χ1n) is 11.9. The summed E-state index contributed by atoms with van der Waals surface area (Å²) in [4.78, 5) is 0. The Morgan fingerprint density at radius 1 is 0.744 bits per heavy atom. The van der Waals surface area contributed by atoms with Crippen molar-refractivity contribution in [2.24, 2.45) is 5.92 Å². The van der Waals surface area contributed by atoms with E-state index in [0.717, 1.165) is 25.3 Å². The number of ether oxygens (including phenoxy) is 2. The molecule has 1 aliphatic carbocycles. The summed E-state index contributed by atoms with van der Waals surface area (Å²) < 4.78 is 132. The predicted molar refractivity (Wildman–Crippen MR) is 124 cm³/mol. The highest BCUT2D eigenvalue weighted by molar-refractivity contribution is 5.66. The van der Waals surface area contributed by atoms with Gasteiger partial charge in [-0.25, -0.2) is 17.6 Å². The van der Waals surface area contributed by atoms with E-state index in [9.17, 15) is 39.5 Å². The highest BCUT2D eigenvalue weighted by atomic mass is 19.4. The zero-order chi connectivity index (χ0) is 28.5. The van der Waals surface area contributed by atoms with Crippen LogP contribution in [0.2, 0.25) is 0 Å². The molecule has 2 unspecified atom stereocenters. The van der Waals surface area contributed by atoms with Gasteiger partial charge in [0.15, 0.2) is 23.2 Å². The molecule has 0 saturated carbocycles. The maximum absolute atomic E-state index is 14.9. The molecular formula is C28H21F9O2. The second kappa shape index (κ2) is 10.9. The molecule has 0 fully saturated rings. The molecule has 4 rings (SSSR count). The van der Waals surface area contributed by atoms with E-state index in [-0.39, 0.29) is 17.5 Å². The summed E-state index contributed by atoms with van der Waals surface area (Å²) in [5, 5.41) is 0. The minimum Gasteiger partial charge on any atom is -0.429 e. The second-order valence-corrected chi connectivity index (χ2v) is 9.02. The van der Waals surface area contributed by atoms with E-state index >= 15 is 0 Å². The molecular weight excluding hydrogens is 539 g/mol. The summed E-state index contributed by atoms with van der Waals surface area (Å²) in [5.74, 6) is -8.26. The van der Waals surface area contributed by atoms with Crippen LogP contribution in [0.3, 0.4) is 0 Å². The van der Waals surface area contributed by atoms with E-state index in [1.54, 1.807) is 6.07 Å². The molecule has 0 heterocycles. The van der Waals surface area contributed by atoms with Crippen LogP contribution in [0, 0.1) is 29.2 Å². The molecule has 39 heavy (non-hydrogen) atoms. The Balaban J connectivity index is 1.57. The maximum atomic E-state index is 14.9. The third-order valence-corrected chi connectivity index (χ3v) is 6.47. The molecule has 2 nitrogen and oxygen atoms in total. The molecule has 1 aliphatic rings. The summed E-state index contributed by atoms with van der Waals surface area (Å²) in [7, 11) is 0. The van der Waals surface area contributed by atoms with E-state index < -0.39 is 58.4 Å². The summed E-state index contributed by atoms with van der Waals surface area (Å²) >= 11 is 0. The van der Waals surface area contributed by atoms with Gasteiger partial charge in [-0.3, -0.25) is 0 Å². The van der Waals surface area contributed by atoms with Crippen LogP contribution in [0.1, 0.15) is 43.2 Å². The fourth-order valence-corrected chi connectivity index (χ4v) is 4.41. The van der Waals surface area contributed by atoms with Gasteiger partial charge < -0.3 is 9.47 Å². The number of hydrogen-bond donors (Lipinski definition) is 0. The number of alkyl halides is 5. The molecule has 0 radical (unpaired) electrons. The summed E-state index contributed by atoms with van der Waals surface area (Å²) in [6, 6.07) is 6.29. The van der Waals surface area contributed by atoms with Gasteiger partial charge in [0.1, 0.15) is 17.1 Å². The molecule has 0 aliphatic heterocycles. The fraction of sp³-hybridized carbons (Fsp3) is 0.286. The standard InChI is InChI=1S/C28H21F9O2/c1-2-15-3-5-16(6-4-15)17-7-9-19(22(29)13-17)20-10-11-21(26(32)25(20)31)27(33,34)38-18-8-12-24(23(30)14-18)39-28(35,36)37/h3,5,7-16H,2,4,6H2,1H3. The van der Waals surface area contributed by atoms with Crippen molar-refractivity contribution in [3.63, 3.8) is 0 Å². The molecule has 0 saturated heterocycles. The lowest BCUT2D eigenvalue weighted by molar-refractivity contribution is -0.275. The van der Waals surface area contributed by atoms with Crippen molar-refractivity contribution < 1.29 is 49.0 Å². The Hall–Kier alpha value is -3.63. The molecule has 208 valence electrons. The highest BCUT2D eigenvalue weighted by Gasteiger charge is 2.40. The van der Waals surface area contributed by atoms with Crippen LogP contribution >= 0.6 is 0 Å². The zero-order valence-corrected chi connectivity index (χ0v) is 20.3. The van der Waals surface area contributed by atoms with Gasteiger partial charge >= 0.3 is 12.5 Å². The van der Waals surface area contributed by atoms with Gasteiger partial charge in [0.25, 0.3) is 0 Å². The van der Waals surface area contributed by atoms with Crippen molar-refractivity contribution in [3.05, 3.63) is 95.1 Å². The lowest BCUT2D eigenvalue weighted by Crippen LogP contribution is -2.24. The monoisotopic (exact) mass is 560 g/mol. The van der Waals surface area contributed by atoms with Crippen LogP contribution in [-0.2, 0) is 6.11 Å². The molecule has 0 aromatic heterocycles. The van der Waals surface area contributed by atoms with Crippen molar-refractivity contribution in [2.45, 2.75) is 44.6 Å². The van der Waals surface area contributed by atoms with Gasteiger partial charge in [-0.05, 0) is 55.0 Å². The van der Waals surface area contributed by atoms with Crippen LogP contribution in [0.4, 0.5) is 39.5 Å². The predicted octanol–water partition coefficient (Wildman–Crippen LogP) is 9.40. The van der Waals surface area contributed by atoms with Crippen LogP contribution in [0.25, 0.3) is 11.1 Å². The van der Waals surface area contributed by atoms with Crippen LogP contribution in [-0.4, -0.2) is 6.36 Å². The van der Waals surface area contributed by atoms with Crippen molar-refractivity contribution in [1.82, 2.24) is 0 Å². The average Bonchev–Trinajstić information content (AvgIpc) is 2.86. The van der Waals surface area contributed by atoms with Crippen molar-refractivity contribution in [1.29, 1.82) is 0 Å². The zero-order valence-electron chi connectivity index (χ0n) is 20.3. The third kappa shape index (κ3) is 6.34. The van der Waals surface area contributed by atoms with Gasteiger partial charge in [0.2, 0.25) is 0 Å². The maximum Gasteiger partial charge on any atom is 0.573 e. The van der Waals surface area contributed by atoms with Crippen molar-refractivity contribution >= 4 is 0 Å². The van der Waals surface area contributed by atoms with Crippen LogP contribution < -0.4 is 9.47 Å². The molecule has 3 aromatic rings.